The number of nitrogens with one attached hydrogen (secondary N) is 1. The molecule has 2 aliphatic rings. The highest BCUT2D eigenvalue weighted by Crippen LogP contribution is 2.33. The molecule has 0 radical (unpaired) electrons. The summed E-state index contributed by atoms with van der Waals surface area (Å²) in [4.78, 5) is 16.6. The van der Waals surface area contributed by atoms with E-state index >= 15 is 0 Å². The molecule has 0 spiro atoms. The predicted molar refractivity (Wildman–Crippen MR) is 83.9 cm³/mol. The van der Waals surface area contributed by atoms with Crippen molar-refractivity contribution < 1.29 is 9.53 Å². The summed E-state index contributed by atoms with van der Waals surface area (Å²) in [5.74, 6) is -0.540. The van der Waals surface area contributed by atoms with Crippen LogP contribution in [0.1, 0.15) is 25.7 Å². The zero-order valence-electron chi connectivity index (χ0n) is 12.2. The van der Waals surface area contributed by atoms with Crippen LogP contribution < -0.4 is 5.32 Å². The number of ether oxygens (including phenoxy) is 1. The van der Waals surface area contributed by atoms with Crippen molar-refractivity contribution in [2.24, 2.45) is 16.8 Å². The second-order valence-corrected chi connectivity index (χ2v) is 6.38. The first-order chi connectivity index (χ1) is 10.3. The van der Waals surface area contributed by atoms with E-state index < -0.39 is 5.92 Å². The highest BCUT2D eigenvalue weighted by atomic mass is 32.2. The maximum Gasteiger partial charge on any atom is 0.244 e. The SMILES string of the molecule is COCCCN=C1S[C@@H]([C@H]2CC=CCC2)NC(=O)C1C#N. The summed E-state index contributed by atoms with van der Waals surface area (Å²) in [5.41, 5.74) is 0. The predicted octanol–water partition coefficient (Wildman–Crippen LogP) is 2.11. The van der Waals surface area contributed by atoms with E-state index in [1.807, 2.05) is 0 Å². The average Bonchev–Trinajstić information content (AvgIpc) is 2.52. The molecule has 0 bridgehead atoms. The van der Waals surface area contributed by atoms with Gasteiger partial charge in [0, 0.05) is 20.3 Å². The summed E-state index contributed by atoms with van der Waals surface area (Å²) >= 11 is 1.55. The minimum Gasteiger partial charge on any atom is -0.385 e. The van der Waals surface area contributed by atoms with Gasteiger partial charge in [0.15, 0.2) is 5.92 Å². The van der Waals surface area contributed by atoms with Crippen molar-refractivity contribution in [2.75, 3.05) is 20.3 Å². The van der Waals surface area contributed by atoms with Crippen molar-refractivity contribution in [3.63, 3.8) is 0 Å². The number of carbonyl (C=O) groups is 1. The lowest BCUT2D eigenvalue weighted by Gasteiger charge is -2.33. The molecule has 1 aliphatic heterocycles. The fourth-order valence-electron chi connectivity index (χ4n) is 2.51. The van der Waals surface area contributed by atoms with Gasteiger partial charge in [0.1, 0.15) is 0 Å². The second kappa shape index (κ2) is 8.20. The topological polar surface area (TPSA) is 74.5 Å². The van der Waals surface area contributed by atoms with Crippen LogP contribution in [0.2, 0.25) is 0 Å². The van der Waals surface area contributed by atoms with Crippen LogP contribution in [0.25, 0.3) is 0 Å². The van der Waals surface area contributed by atoms with Crippen LogP contribution in [-0.4, -0.2) is 36.6 Å². The first kappa shape index (κ1) is 16.1. The number of methoxy groups -OCH3 is 1. The molecule has 6 heteroatoms. The van der Waals surface area contributed by atoms with E-state index in [1.54, 1.807) is 18.9 Å². The van der Waals surface area contributed by atoms with Crippen molar-refractivity contribution in [1.82, 2.24) is 5.32 Å². The van der Waals surface area contributed by atoms with E-state index in [2.05, 4.69) is 28.5 Å². The number of nitrogens with zero attached hydrogens (tertiary/aromatic N) is 2. The Morgan fingerprint density at radius 1 is 1.57 bits per heavy atom. The quantitative estimate of drug-likeness (QED) is 0.623. The third-order valence-electron chi connectivity index (χ3n) is 3.68. The molecule has 0 aromatic carbocycles. The van der Waals surface area contributed by atoms with Gasteiger partial charge < -0.3 is 10.1 Å². The Morgan fingerprint density at radius 2 is 2.43 bits per heavy atom. The maximum atomic E-state index is 12.1. The van der Waals surface area contributed by atoms with Crippen molar-refractivity contribution >= 4 is 22.7 Å². The smallest absolute Gasteiger partial charge is 0.244 e. The second-order valence-electron chi connectivity index (χ2n) is 5.22. The van der Waals surface area contributed by atoms with Gasteiger partial charge in [-0.2, -0.15) is 5.26 Å². The van der Waals surface area contributed by atoms with Gasteiger partial charge in [-0.3, -0.25) is 9.79 Å². The third kappa shape index (κ3) is 4.32. The van der Waals surface area contributed by atoms with Gasteiger partial charge in [-0.05, 0) is 31.6 Å². The number of allylic oxidation sites excluding steroid dienone is 2. The van der Waals surface area contributed by atoms with Crippen molar-refractivity contribution in [3.05, 3.63) is 12.2 Å². The van der Waals surface area contributed by atoms with Crippen molar-refractivity contribution in [3.8, 4) is 6.07 Å². The number of amides is 1. The molecule has 5 nitrogen and oxygen atoms in total. The summed E-state index contributed by atoms with van der Waals surface area (Å²) in [5, 5.41) is 12.9. The third-order valence-corrected chi connectivity index (χ3v) is 5.05. The van der Waals surface area contributed by atoms with Crippen LogP contribution in [0, 0.1) is 23.2 Å². The van der Waals surface area contributed by atoms with E-state index in [0.717, 1.165) is 25.7 Å². The van der Waals surface area contributed by atoms with E-state index in [9.17, 15) is 10.1 Å². The Morgan fingerprint density at radius 3 is 3.10 bits per heavy atom. The Hall–Kier alpha value is -1.32. The molecule has 1 fully saturated rings. The summed E-state index contributed by atoms with van der Waals surface area (Å²) in [6.07, 6.45) is 8.27. The van der Waals surface area contributed by atoms with E-state index in [-0.39, 0.29) is 11.3 Å². The van der Waals surface area contributed by atoms with Gasteiger partial charge in [-0.1, -0.05) is 23.9 Å². The molecule has 3 atom stereocenters. The molecule has 2 rings (SSSR count). The van der Waals surface area contributed by atoms with Crippen molar-refractivity contribution in [2.45, 2.75) is 31.1 Å². The molecule has 0 saturated carbocycles. The largest absolute Gasteiger partial charge is 0.385 e. The normalized spacial score (nSPS) is 31.0. The fourth-order valence-corrected chi connectivity index (χ4v) is 3.85. The van der Waals surface area contributed by atoms with Crippen LogP contribution in [0.15, 0.2) is 17.1 Å². The average molecular weight is 307 g/mol. The Bertz CT molecular complexity index is 470. The highest BCUT2D eigenvalue weighted by molar-refractivity contribution is 8.14. The molecule has 1 amide bonds. The molecule has 1 unspecified atom stereocenters. The standard InChI is InChI=1S/C15H21N3O2S/c1-20-9-5-8-17-15-12(10-16)13(19)18-14(21-15)11-6-3-2-4-7-11/h2-3,11-12,14H,4-9H2,1H3,(H,18,19)/t11-,12?,14-/m0/s1. The molecule has 21 heavy (non-hydrogen) atoms. The zero-order valence-corrected chi connectivity index (χ0v) is 13.1. The number of rotatable bonds is 5. The lowest BCUT2D eigenvalue weighted by atomic mass is 9.94. The van der Waals surface area contributed by atoms with Gasteiger partial charge in [0.05, 0.1) is 16.5 Å². The Balaban J connectivity index is 2.03. The van der Waals surface area contributed by atoms with E-state index in [1.165, 1.54) is 0 Å². The first-order valence-corrected chi connectivity index (χ1v) is 8.19. The molecular weight excluding hydrogens is 286 g/mol. The van der Waals surface area contributed by atoms with E-state index in [0.29, 0.717) is 24.1 Å². The Labute approximate surface area is 129 Å². The number of nitriles is 1. The maximum absolute atomic E-state index is 12.1. The van der Waals surface area contributed by atoms with Crippen LogP contribution >= 0.6 is 11.8 Å². The van der Waals surface area contributed by atoms with E-state index in [4.69, 9.17) is 4.74 Å². The van der Waals surface area contributed by atoms with Crippen molar-refractivity contribution in [1.29, 1.82) is 5.26 Å². The Kier molecular flexibility index (Phi) is 6.27. The number of aliphatic imine (C=N–C) groups is 1. The summed E-state index contributed by atoms with van der Waals surface area (Å²) in [7, 11) is 1.65. The van der Waals surface area contributed by atoms with Gasteiger partial charge in [-0.15, -0.1) is 0 Å². The number of carbonyl (C=O) groups excluding carboxylic acids is 1. The summed E-state index contributed by atoms with van der Waals surface area (Å²) < 4.78 is 4.99. The van der Waals surface area contributed by atoms with Gasteiger partial charge in [0.2, 0.25) is 5.91 Å². The highest BCUT2D eigenvalue weighted by Gasteiger charge is 2.37. The molecule has 0 aromatic heterocycles. The van der Waals surface area contributed by atoms with Gasteiger partial charge in [0.25, 0.3) is 0 Å². The molecule has 114 valence electrons. The molecule has 1 aliphatic carbocycles. The minimum atomic E-state index is -0.757. The molecule has 0 aromatic rings. The zero-order chi connectivity index (χ0) is 15.1. The van der Waals surface area contributed by atoms with Gasteiger partial charge >= 0.3 is 0 Å². The lowest BCUT2D eigenvalue weighted by molar-refractivity contribution is -0.122. The first-order valence-electron chi connectivity index (χ1n) is 7.31. The van der Waals surface area contributed by atoms with Crippen LogP contribution in [0.5, 0.6) is 0 Å². The van der Waals surface area contributed by atoms with Gasteiger partial charge in [-0.25, -0.2) is 0 Å². The molecule has 1 heterocycles. The fraction of sp³-hybridized carbons (Fsp3) is 0.667. The van der Waals surface area contributed by atoms with Crippen LogP contribution in [-0.2, 0) is 9.53 Å². The summed E-state index contributed by atoms with van der Waals surface area (Å²) in [6.45, 7) is 1.24. The minimum absolute atomic E-state index is 0.0354. The summed E-state index contributed by atoms with van der Waals surface area (Å²) in [6, 6.07) is 2.06. The number of hydrogen-bond acceptors (Lipinski definition) is 5. The van der Waals surface area contributed by atoms with Crippen LogP contribution in [0.3, 0.4) is 0 Å². The molecule has 1 saturated heterocycles. The number of thioether (sulfide) groups is 1. The van der Waals surface area contributed by atoms with Crippen LogP contribution in [0.4, 0.5) is 0 Å². The molecular formula is C15H21N3O2S. The lowest BCUT2D eigenvalue weighted by Crippen LogP contribution is -2.48. The molecule has 1 N–H and O–H groups in total. The monoisotopic (exact) mass is 307 g/mol. The number of hydrogen-bond donors (Lipinski definition) is 1.